The Kier molecular flexibility index (Phi) is 5.99. The number of carbonyl (C=O) groups excluding carboxylic acids is 1. The summed E-state index contributed by atoms with van der Waals surface area (Å²) in [5.74, 6) is 0. The molecule has 0 unspecified atom stereocenters. The molecule has 12 heavy (non-hydrogen) atoms. The first-order valence-corrected chi connectivity index (χ1v) is 3.51. The number of aldehydes is 1. The van der Waals surface area contributed by atoms with E-state index in [4.69, 9.17) is 0 Å². The van der Waals surface area contributed by atoms with Gasteiger partial charge in [0, 0.05) is 29.6 Å². The van der Waals surface area contributed by atoms with Crippen molar-refractivity contribution in [3.05, 3.63) is 41.5 Å². The molecular formula is C10H10NaO. The van der Waals surface area contributed by atoms with E-state index >= 15 is 0 Å². The topological polar surface area (TPSA) is 17.1 Å². The van der Waals surface area contributed by atoms with Crippen molar-refractivity contribution >= 4 is 41.9 Å². The van der Waals surface area contributed by atoms with E-state index in [0.717, 1.165) is 11.8 Å². The zero-order valence-electron chi connectivity index (χ0n) is 7.45. The fourth-order valence-corrected chi connectivity index (χ4v) is 0.828. The van der Waals surface area contributed by atoms with Gasteiger partial charge in [-0.15, -0.1) is 0 Å². The zero-order chi connectivity index (χ0) is 8.10. The van der Waals surface area contributed by atoms with Crippen LogP contribution in [-0.2, 0) is 4.79 Å². The van der Waals surface area contributed by atoms with Crippen LogP contribution in [0.5, 0.6) is 0 Å². The molecule has 0 heterocycles. The summed E-state index contributed by atoms with van der Waals surface area (Å²) in [6.07, 6.45) is 4.05. The normalized spacial score (nSPS) is 9.42. The van der Waals surface area contributed by atoms with Crippen LogP contribution in [0, 0.1) is 6.92 Å². The Bertz CT molecular complexity index is 262. The third kappa shape index (κ3) is 3.86. The van der Waals surface area contributed by atoms with Gasteiger partial charge in [-0.1, -0.05) is 35.9 Å². The Labute approximate surface area is 94.8 Å². The smallest absolute Gasteiger partial charge is 0.142 e. The summed E-state index contributed by atoms with van der Waals surface area (Å²) in [5, 5.41) is 0. The number of rotatable bonds is 2. The summed E-state index contributed by atoms with van der Waals surface area (Å²) in [7, 11) is 0. The average molecular weight is 169 g/mol. The molecule has 0 amide bonds. The molecule has 0 atom stereocenters. The van der Waals surface area contributed by atoms with E-state index in [-0.39, 0.29) is 29.6 Å². The van der Waals surface area contributed by atoms with Crippen molar-refractivity contribution in [1.29, 1.82) is 0 Å². The molecule has 0 saturated heterocycles. The third-order valence-electron chi connectivity index (χ3n) is 1.44. The molecule has 0 spiro atoms. The molecule has 1 nitrogen and oxygen atoms in total. The predicted octanol–water partition coefficient (Wildman–Crippen LogP) is 1.83. The molecule has 0 aliphatic rings. The largest absolute Gasteiger partial charge is 0.299 e. The average Bonchev–Trinajstić information content (AvgIpc) is 2.04. The Balaban J connectivity index is 0.00000121. The van der Waals surface area contributed by atoms with Crippen LogP contribution >= 0.6 is 0 Å². The molecular weight excluding hydrogens is 159 g/mol. The van der Waals surface area contributed by atoms with E-state index in [1.807, 2.05) is 31.2 Å². The summed E-state index contributed by atoms with van der Waals surface area (Å²) in [5.41, 5.74) is 2.29. The Morgan fingerprint density at radius 3 is 2.25 bits per heavy atom. The molecule has 0 aliphatic heterocycles. The van der Waals surface area contributed by atoms with Crippen molar-refractivity contribution < 1.29 is 4.79 Å². The van der Waals surface area contributed by atoms with Crippen LogP contribution in [0.4, 0.5) is 0 Å². The Hall–Kier alpha value is -0.370. The van der Waals surface area contributed by atoms with Gasteiger partial charge >= 0.3 is 0 Å². The minimum Gasteiger partial charge on any atom is -0.299 e. The van der Waals surface area contributed by atoms with Crippen LogP contribution in [0.1, 0.15) is 11.1 Å². The molecule has 1 rings (SSSR count). The minimum absolute atomic E-state index is 0. The van der Waals surface area contributed by atoms with Gasteiger partial charge in [0.15, 0.2) is 0 Å². The number of hydrogen-bond acceptors (Lipinski definition) is 1. The van der Waals surface area contributed by atoms with Gasteiger partial charge in [-0.25, -0.2) is 0 Å². The van der Waals surface area contributed by atoms with Gasteiger partial charge in [0.25, 0.3) is 0 Å². The fourth-order valence-electron chi connectivity index (χ4n) is 0.828. The zero-order valence-corrected chi connectivity index (χ0v) is 9.45. The van der Waals surface area contributed by atoms with Crippen molar-refractivity contribution in [2.45, 2.75) is 6.92 Å². The maximum Gasteiger partial charge on any atom is 0.142 e. The molecule has 0 N–H and O–H groups in total. The van der Waals surface area contributed by atoms with E-state index in [2.05, 4.69) is 0 Å². The van der Waals surface area contributed by atoms with Crippen LogP contribution < -0.4 is 0 Å². The number of hydrogen-bond donors (Lipinski definition) is 0. The van der Waals surface area contributed by atoms with E-state index in [9.17, 15) is 4.79 Å². The number of carbonyl (C=O) groups is 1. The molecule has 0 aromatic heterocycles. The summed E-state index contributed by atoms with van der Waals surface area (Å²) in [6, 6.07) is 8.00. The second-order valence-electron chi connectivity index (χ2n) is 2.41. The molecule has 0 fully saturated rings. The third-order valence-corrected chi connectivity index (χ3v) is 1.44. The van der Waals surface area contributed by atoms with Crippen molar-refractivity contribution in [3.63, 3.8) is 0 Å². The fraction of sp³-hybridized carbons (Fsp3) is 0.100. The van der Waals surface area contributed by atoms with Crippen LogP contribution in [0.25, 0.3) is 6.08 Å². The number of benzene rings is 1. The van der Waals surface area contributed by atoms with Gasteiger partial charge in [0.2, 0.25) is 0 Å². The van der Waals surface area contributed by atoms with Crippen LogP contribution in [0.3, 0.4) is 0 Å². The number of allylic oxidation sites excluding steroid dienone is 1. The van der Waals surface area contributed by atoms with Gasteiger partial charge in [0.1, 0.15) is 6.29 Å². The van der Waals surface area contributed by atoms with E-state index in [1.165, 1.54) is 11.6 Å². The van der Waals surface area contributed by atoms with Gasteiger partial charge in [-0.2, -0.15) is 0 Å². The molecule has 0 aliphatic carbocycles. The second-order valence-corrected chi connectivity index (χ2v) is 2.41. The molecule has 0 saturated carbocycles. The predicted molar refractivity (Wildman–Crippen MR) is 52.0 cm³/mol. The van der Waals surface area contributed by atoms with E-state index in [0.29, 0.717) is 0 Å². The van der Waals surface area contributed by atoms with Crippen molar-refractivity contribution in [3.8, 4) is 0 Å². The molecule has 0 bridgehead atoms. The number of aryl methyl sites for hydroxylation is 1. The maximum atomic E-state index is 9.96. The first-order chi connectivity index (χ1) is 5.33. The van der Waals surface area contributed by atoms with Crippen molar-refractivity contribution in [2.75, 3.05) is 0 Å². The monoisotopic (exact) mass is 169 g/mol. The van der Waals surface area contributed by atoms with Gasteiger partial charge in [-0.3, -0.25) is 4.79 Å². The van der Waals surface area contributed by atoms with E-state index < -0.39 is 0 Å². The molecule has 57 valence electrons. The molecule has 2 heteroatoms. The van der Waals surface area contributed by atoms with Gasteiger partial charge < -0.3 is 0 Å². The van der Waals surface area contributed by atoms with Crippen molar-refractivity contribution in [2.24, 2.45) is 0 Å². The maximum absolute atomic E-state index is 9.96. The van der Waals surface area contributed by atoms with Gasteiger partial charge in [-0.05, 0) is 18.6 Å². The minimum atomic E-state index is 0. The summed E-state index contributed by atoms with van der Waals surface area (Å²) >= 11 is 0. The molecule has 1 aromatic carbocycles. The summed E-state index contributed by atoms with van der Waals surface area (Å²) in [6.45, 7) is 2.03. The Morgan fingerprint density at radius 2 is 1.75 bits per heavy atom. The SMILES string of the molecule is Cc1ccc(C=CC=O)cc1.[Na]. The van der Waals surface area contributed by atoms with Crippen LogP contribution in [-0.4, -0.2) is 35.8 Å². The van der Waals surface area contributed by atoms with Crippen molar-refractivity contribution in [1.82, 2.24) is 0 Å². The first-order valence-electron chi connectivity index (χ1n) is 3.51. The summed E-state index contributed by atoms with van der Waals surface area (Å²) in [4.78, 5) is 9.96. The quantitative estimate of drug-likeness (QED) is 0.375. The van der Waals surface area contributed by atoms with E-state index in [1.54, 1.807) is 6.08 Å². The standard InChI is InChI=1S/C10H10O.Na/c1-9-4-6-10(7-5-9)3-2-8-11;/h2-8H,1H3;. The molecule has 1 aromatic rings. The summed E-state index contributed by atoms with van der Waals surface area (Å²) < 4.78 is 0. The second kappa shape index (κ2) is 6.18. The van der Waals surface area contributed by atoms with Gasteiger partial charge in [0.05, 0.1) is 0 Å². The van der Waals surface area contributed by atoms with Crippen LogP contribution in [0.2, 0.25) is 0 Å². The Morgan fingerprint density at radius 1 is 1.17 bits per heavy atom. The van der Waals surface area contributed by atoms with Crippen LogP contribution in [0.15, 0.2) is 30.3 Å². The first kappa shape index (κ1) is 11.6. The molecule has 1 radical (unpaired) electrons.